The molecule has 1 aromatic heterocycles. The number of fused-ring (bicyclic) bond motifs is 1. The number of hydrogen-bond acceptors (Lipinski definition) is 4. The molecule has 0 bridgehead atoms. The summed E-state index contributed by atoms with van der Waals surface area (Å²) in [5.41, 5.74) is 2.37. The van der Waals surface area contributed by atoms with Crippen LogP contribution < -0.4 is 5.32 Å². The van der Waals surface area contributed by atoms with Gasteiger partial charge >= 0.3 is 6.18 Å². The molecule has 8 heteroatoms. The van der Waals surface area contributed by atoms with Crippen molar-refractivity contribution in [2.24, 2.45) is 0 Å². The first-order valence-electron chi connectivity index (χ1n) is 7.94. The van der Waals surface area contributed by atoms with Crippen molar-refractivity contribution in [1.29, 1.82) is 0 Å². The Morgan fingerprint density at radius 2 is 2.07 bits per heavy atom. The second kappa shape index (κ2) is 7.24. The molecule has 1 heterocycles. The molecule has 27 heavy (non-hydrogen) atoms. The van der Waals surface area contributed by atoms with E-state index in [0.29, 0.717) is 27.9 Å². The van der Waals surface area contributed by atoms with Gasteiger partial charge in [-0.15, -0.1) is 0 Å². The van der Waals surface area contributed by atoms with E-state index in [4.69, 9.17) is 9.52 Å². The number of carbonyl (C=O) groups excluding carboxylic acids is 1. The molecule has 2 aromatic carbocycles. The van der Waals surface area contributed by atoms with Gasteiger partial charge < -0.3 is 14.8 Å². The predicted octanol–water partition coefficient (Wildman–Crippen LogP) is 4.46. The fraction of sp³-hybridized carbons (Fsp3) is 0.158. The summed E-state index contributed by atoms with van der Waals surface area (Å²) >= 11 is 0. The number of aliphatic hydroxyl groups excluding tert-OH is 1. The van der Waals surface area contributed by atoms with E-state index in [-0.39, 0.29) is 24.1 Å². The zero-order valence-electron chi connectivity index (χ0n) is 14.2. The van der Waals surface area contributed by atoms with E-state index in [2.05, 4.69) is 10.3 Å². The number of nitrogens with one attached hydrogen (secondary N) is 1. The zero-order chi connectivity index (χ0) is 19.6. The van der Waals surface area contributed by atoms with Crippen molar-refractivity contribution in [3.05, 3.63) is 65.1 Å². The molecule has 1 amide bonds. The SMILES string of the molecule is Cc1c(/C=C/C(F)(F)F)cccc1C(=O)Nc1ccc2oc(CO)nc2c1. The number of alkyl halides is 3. The zero-order valence-corrected chi connectivity index (χ0v) is 14.2. The minimum atomic E-state index is -4.43. The number of halogens is 3. The normalized spacial score (nSPS) is 12.0. The van der Waals surface area contributed by atoms with Crippen molar-refractivity contribution in [2.45, 2.75) is 19.7 Å². The third kappa shape index (κ3) is 4.35. The van der Waals surface area contributed by atoms with Crippen LogP contribution in [0.3, 0.4) is 0 Å². The van der Waals surface area contributed by atoms with Gasteiger partial charge in [0, 0.05) is 17.3 Å². The lowest BCUT2D eigenvalue weighted by Crippen LogP contribution is -2.13. The summed E-state index contributed by atoms with van der Waals surface area (Å²) in [4.78, 5) is 16.6. The van der Waals surface area contributed by atoms with Crippen LogP contribution >= 0.6 is 0 Å². The molecule has 0 spiro atoms. The molecule has 0 radical (unpaired) electrons. The fourth-order valence-corrected chi connectivity index (χ4v) is 2.58. The van der Waals surface area contributed by atoms with Crippen LogP contribution in [0.15, 0.2) is 46.9 Å². The Bertz CT molecular complexity index is 1020. The molecule has 0 atom stereocenters. The van der Waals surface area contributed by atoms with Crippen LogP contribution in [0, 0.1) is 6.92 Å². The van der Waals surface area contributed by atoms with E-state index in [1.165, 1.54) is 18.2 Å². The lowest BCUT2D eigenvalue weighted by Gasteiger charge is -2.10. The highest BCUT2D eigenvalue weighted by molar-refractivity contribution is 6.06. The van der Waals surface area contributed by atoms with Gasteiger partial charge in [0.15, 0.2) is 5.58 Å². The van der Waals surface area contributed by atoms with Crippen molar-refractivity contribution in [1.82, 2.24) is 4.98 Å². The van der Waals surface area contributed by atoms with Crippen molar-refractivity contribution in [3.63, 3.8) is 0 Å². The van der Waals surface area contributed by atoms with Crippen molar-refractivity contribution in [3.8, 4) is 0 Å². The molecule has 3 rings (SSSR count). The molecule has 0 aliphatic heterocycles. The van der Waals surface area contributed by atoms with E-state index >= 15 is 0 Å². The average Bonchev–Trinajstić information content (AvgIpc) is 3.02. The van der Waals surface area contributed by atoms with Gasteiger partial charge in [-0.05, 0) is 48.4 Å². The molecular weight excluding hydrogens is 361 g/mol. The van der Waals surface area contributed by atoms with E-state index < -0.39 is 12.1 Å². The minimum Gasteiger partial charge on any atom is -0.438 e. The average molecular weight is 376 g/mol. The standard InChI is InChI=1S/C19H15F3N2O3/c1-11-12(7-8-19(20,21)22)3-2-4-14(11)18(26)23-13-5-6-16-15(9-13)24-17(10-25)27-16/h2-9,25H,10H2,1H3,(H,23,26)/b8-7+. The fourth-order valence-electron chi connectivity index (χ4n) is 2.58. The van der Waals surface area contributed by atoms with Gasteiger partial charge in [-0.1, -0.05) is 12.1 Å². The molecule has 140 valence electrons. The second-order valence-electron chi connectivity index (χ2n) is 5.80. The molecule has 0 aliphatic carbocycles. The summed E-state index contributed by atoms with van der Waals surface area (Å²) in [5, 5.41) is 11.7. The van der Waals surface area contributed by atoms with Gasteiger partial charge in [0.05, 0.1) is 0 Å². The molecule has 0 saturated heterocycles. The van der Waals surface area contributed by atoms with Gasteiger partial charge in [0.1, 0.15) is 12.1 Å². The highest BCUT2D eigenvalue weighted by atomic mass is 19.4. The van der Waals surface area contributed by atoms with Crippen LogP contribution in [0.2, 0.25) is 0 Å². The van der Waals surface area contributed by atoms with Gasteiger partial charge in [-0.2, -0.15) is 13.2 Å². The van der Waals surface area contributed by atoms with Crippen LogP contribution in [-0.4, -0.2) is 22.2 Å². The lowest BCUT2D eigenvalue weighted by atomic mass is 10.0. The van der Waals surface area contributed by atoms with E-state index in [1.54, 1.807) is 25.1 Å². The number of anilines is 1. The third-order valence-electron chi connectivity index (χ3n) is 3.90. The molecule has 3 aromatic rings. The molecule has 0 unspecified atom stereocenters. The van der Waals surface area contributed by atoms with Crippen LogP contribution in [0.1, 0.15) is 27.4 Å². The maximum Gasteiger partial charge on any atom is 0.409 e. The Kier molecular flexibility index (Phi) is 5.00. The second-order valence-corrected chi connectivity index (χ2v) is 5.80. The Morgan fingerprint density at radius 1 is 1.30 bits per heavy atom. The number of allylic oxidation sites excluding steroid dienone is 1. The van der Waals surface area contributed by atoms with Crippen molar-refractivity contribution >= 4 is 28.8 Å². The van der Waals surface area contributed by atoms with Gasteiger partial charge in [0.2, 0.25) is 5.89 Å². The number of amides is 1. The Balaban J connectivity index is 1.85. The van der Waals surface area contributed by atoms with Crippen molar-refractivity contribution < 1.29 is 27.5 Å². The molecule has 0 aliphatic rings. The summed E-state index contributed by atoms with van der Waals surface area (Å²) < 4.78 is 42.4. The van der Waals surface area contributed by atoms with E-state index in [0.717, 1.165) is 6.08 Å². The number of carbonyl (C=O) groups is 1. The maximum absolute atomic E-state index is 12.5. The first-order valence-corrected chi connectivity index (χ1v) is 7.94. The largest absolute Gasteiger partial charge is 0.438 e. The first-order chi connectivity index (χ1) is 12.8. The third-order valence-corrected chi connectivity index (χ3v) is 3.90. The summed E-state index contributed by atoms with van der Waals surface area (Å²) in [5.74, 6) is -0.298. The van der Waals surface area contributed by atoms with Crippen LogP contribution in [0.5, 0.6) is 0 Å². The molecule has 0 saturated carbocycles. The quantitative estimate of drug-likeness (QED) is 0.705. The Morgan fingerprint density at radius 3 is 2.78 bits per heavy atom. The van der Waals surface area contributed by atoms with Gasteiger partial charge in [-0.25, -0.2) is 4.98 Å². The van der Waals surface area contributed by atoms with Gasteiger partial charge in [-0.3, -0.25) is 4.79 Å². The number of hydrogen-bond donors (Lipinski definition) is 2. The summed E-state index contributed by atoms with van der Waals surface area (Å²) in [6, 6.07) is 9.35. The van der Waals surface area contributed by atoms with Crippen molar-refractivity contribution in [2.75, 3.05) is 5.32 Å². The number of oxazole rings is 1. The highest BCUT2D eigenvalue weighted by Gasteiger charge is 2.22. The Labute approximate surface area is 152 Å². The van der Waals surface area contributed by atoms with Crippen LogP contribution in [-0.2, 0) is 6.61 Å². The molecular formula is C19H15F3N2O3. The number of benzene rings is 2. The number of nitrogens with zero attached hydrogens (tertiary/aromatic N) is 1. The van der Waals surface area contributed by atoms with E-state index in [9.17, 15) is 18.0 Å². The van der Waals surface area contributed by atoms with Gasteiger partial charge in [0.25, 0.3) is 5.91 Å². The summed E-state index contributed by atoms with van der Waals surface area (Å²) in [7, 11) is 0. The Hall–Kier alpha value is -3.13. The first kappa shape index (κ1) is 18.7. The minimum absolute atomic E-state index is 0.133. The van der Waals surface area contributed by atoms with Crippen LogP contribution in [0.4, 0.5) is 18.9 Å². The van der Waals surface area contributed by atoms with Crippen LogP contribution in [0.25, 0.3) is 17.2 Å². The molecule has 0 fully saturated rings. The summed E-state index contributed by atoms with van der Waals surface area (Å²) in [6.45, 7) is 1.24. The predicted molar refractivity (Wildman–Crippen MR) is 94.2 cm³/mol. The maximum atomic E-state index is 12.5. The molecule has 5 nitrogen and oxygen atoms in total. The van der Waals surface area contributed by atoms with E-state index in [1.807, 2.05) is 0 Å². The molecule has 2 N–H and O–H groups in total. The topological polar surface area (TPSA) is 75.4 Å². The number of aromatic nitrogens is 1. The highest BCUT2D eigenvalue weighted by Crippen LogP contribution is 2.23. The number of aliphatic hydroxyl groups is 1. The monoisotopic (exact) mass is 376 g/mol. The smallest absolute Gasteiger partial charge is 0.409 e. The number of rotatable bonds is 4. The summed E-state index contributed by atoms with van der Waals surface area (Å²) in [6.07, 6.45) is -3.36. The lowest BCUT2D eigenvalue weighted by molar-refractivity contribution is -0.0790.